The van der Waals surface area contributed by atoms with Gasteiger partial charge in [0.2, 0.25) is 0 Å². The van der Waals surface area contributed by atoms with Crippen LogP contribution in [0.2, 0.25) is 0 Å². The molecule has 0 saturated heterocycles. The van der Waals surface area contributed by atoms with Crippen LogP contribution in [0.25, 0.3) is 11.1 Å². The van der Waals surface area contributed by atoms with Crippen LogP contribution in [-0.4, -0.2) is 29.1 Å². The minimum absolute atomic E-state index is 0.219. The number of carbonyl (C=O) groups excluding carboxylic acids is 1. The van der Waals surface area contributed by atoms with E-state index in [1.54, 1.807) is 24.3 Å². The van der Waals surface area contributed by atoms with Crippen molar-refractivity contribution in [3.05, 3.63) is 67.8 Å². The summed E-state index contributed by atoms with van der Waals surface area (Å²) in [6.07, 6.45) is 0. The van der Waals surface area contributed by atoms with Crippen molar-refractivity contribution in [1.82, 2.24) is 0 Å². The van der Waals surface area contributed by atoms with E-state index in [9.17, 15) is 25.0 Å². The molecule has 2 aromatic carbocycles. The lowest BCUT2D eigenvalue weighted by atomic mass is 10.1. The van der Waals surface area contributed by atoms with Gasteiger partial charge in [-0.2, -0.15) is 0 Å². The van der Waals surface area contributed by atoms with Crippen LogP contribution in [0.4, 0.5) is 0 Å². The summed E-state index contributed by atoms with van der Waals surface area (Å²) < 4.78 is 9.96. The molecular weight excluding hydrogens is 320 g/mol. The van der Waals surface area contributed by atoms with Gasteiger partial charge in [0.1, 0.15) is 11.5 Å². The molecule has 0 N–H and O–H groups in total. The van der Waals surface area contributed by atoms with Gasteiger partial charge in [0.05, 0.1) is 9.85 Å². The predicted molar refractivity (Wildman–Crippen MR) is 80.3 cm³/mol. The van der Waals surface area contributed by atoms with Crippen molar-refractivity contribution in [3.63, 3.8) is 0 Å². The van der Waals surface area contributed by atoms with Gasteiger partial charge in [0.25, 0.3) is 0 Å². The molecule has 0 aliphatic heterocycles. The van der Waals surface area contributed by atoms with Crippen molar-refractivity contribution in [2.24, 2.45) is 0 Å². The molecule has 122 valence electrons. The maximum absolute atomic E-state index is 12.5. The Morgan fingerprint density at radius 3 is 1.54 bits per heavy atom. The molecular formula is C15H10N2O7. The van der Waals surface area contributed by atoms with E-state index in [0.717, 1.165) is 0 Å². The van der Waals surface area contributed by atoms with E-state index in [1.807, 2.05) is 0 Å². The average molecular weight is 330 g/mol. The Balaban J connectivity index is 1.89. The number of nitrogens with zero attached hydrogens (tertiary/aromatic N) is 2. The molecule has 0 bridgehead atoms. The molecule has 0 radical (unpaired) electrons. The SMILES string of the molecule is O=C1c2cc(OC[N+](=O)[O-])ccc2-c2ccc(OC[N+](=O)[O-])cc21. The van der Waals surface area contributed by atoms with Crippen LogP contribution in [0.5, 0.6) is 11.5 Å². The van der Waals surface area contributed by atoms with Crippen molar-refractivity contribution in [2.45, 2.75) is 0 Å². The Hall–Kier alpha value is -3.49. The molecule has 3 rings (SSSR count). The third kappa shape index (κ3) is 2.86. The monoisotopic (exact) mass is 330 g/mol. The number of rotatable bonds is 6. The highest BCUT2D eigenvalue weighted by Gasteiger charge is 2.27. The van der Waals surface area contributed by atoms with Crippen molar-refractivity contribution in [3.8, 4) is 22.6 Å². The van der Waals surface area contributed by atoms with Gasteiger partial charge in [-0.25, -0.2) is 0 Å². The lowest BCUT2D eigenvalue weighted by Gasteiger charge is -2.04. The molecule has 9 nitrogen and oxygen atoms in total. The van der Waals surface area contributed by atoms with E-state index < -0.39 is 23.3 Å². The normalized spacial score (nSPS) is 11.6. The second-order valence-corrected chi connectivity index (χ2v) is 4.96. The number of ether oxygens (including phenoxy) is 2. The molecule has 0 fully saturated rings. The number of hydrogen-bond acceptors (Lipinski definition) is 7. The number of hydrogen-bond donors (Lipinski definition) is 0. The Labute approximate surface area is 134 Å². The van der Waals surface area contributed by atoms with E-state index in [1.165, 1.54) is 12.1 Å². The zero-order valence-corrected chi connectivity index (χ0v) is 12.1. The van der Waals surface area contributed by atoms with Crippen molar-refractivity contribution >= 4 is 5.78 Å². The number of benzene rings is 2. The van der Waals surface area contributed by atoms with E-state index >= 15 is 0 Å². The number of ketones is 1. The molecule has 9 heteroatoms. The minimum atomic E-state index is -0.696. The van der Waals surface area contributed by atoms with Gasteiger partial charge < -0.3 is 9.47 Å². The zero-order chi connectivity index (χ0) is 17.3. The van der Waals surface area contributed by atoms with E-state index in [0.29, 0.717) is 22.3 Å². The Bertz CT molecular complexity index is 793. The van der Waals surface area contributed by atoms with Crippen LogP contribution in [0.3, 0.4) is 0 Å². The van der Waals surface area contributed by atoms with Gasteiger partial charge in [-0.3, -0.25) is 25.0 Å². The highest BCUT2D eigenvalue weighted by Crippen LogP contribution is 2.39. The molecule has 2 aromatic rings. The fourth-order valence-corrected chi connectivity index (χ4v) is 2.47. The smallest absolute Gasteiger partial charge is 0.344 e. The summed E-state index contributed by atoms with van der Waals surface area (Å²) in [6, 6.07) is 9.26. The van der Waals surface area contributed by atoms with Crippen LogP contribution < -0.4 is 9.47 Å². The second-order valence-electron chi connectivity index (χ2n) is 4.96. The summed E-state index contributed by atoms with van der Waals surface area (Å²) >= 11 is 0. The van der Waals surface area contributed by atoms with Gasteiger partial charge in [-0.05, 0) is 47.5 Å². The Morgan fingerprint density at radius 1 is 0.750 bits per heavy atom. The summed E-state index contributed by atoms with van der Waals surface area (Å²) in [6.45, 7) is -1.39. The van der Waals surface area contributed by atoms with Crippen molar-refractivity contribution in [1.29, 1.82) is 0 Å². The average Bonchev–Trinajstić information content (AvgIpc) is 2.83. The topological polar surface area (TPSA) is 122 Å². The van der Waals surface area contributed by atoms with Gasteiger partial charge in [0, 0.05) is 11.1 Å². The van der Waals surface area contributed by atoms with E-state index in [4.69, 9.17) is 9.47 Å². The largest absolute Gasteiger partial charge is 0.432 e. The highest BCUT2D eigenvalue weighted by molar-refractivity contribution is 6.22. The Morgan fingerprint density at radius 2 is 1.17 bits per heavy atom. The third-order valence-electron chi connectivity index (χ3n) is 3.43. The van der Waals surface area contributed by atoms with Gasteiger partial charge in [-0.1, -0.05) is 0 Å². The summed E-state index contributed by atoms with van der Waals surface area (Å²) in [5, 5.41) is 20.7. The minimum Gasteiger partial charge on any atom is -0.432 e. The molecule has 0 amide bonds. The fraction of sp³-hybridized carbons (Fsp3) is 0.133. The zero-order valence-electron chi connectivity index (χ0n) is 12.1. The van der Waals surface area contributed by atoms with Crippen LogP contribution in [0.1, 0.15) is 15.9 Å². The summed E-state index contributed by atoms with van der Waals surface area (Å²) in [5.74, 6) is 0.144. The van der Waals surface area contributed by atoms with E-state index in [-0.39, 0.29) is 17.3 Å². The molecule has 0 saturated carbocycles. The first-order chi connectivity index (χ1) is 11.5. The van der Waals surface area contributed by atoms with Crippen LogP contribution in [0.15, 0.2) is 36.4 Å². The standard InChI is InChI=1S/C15H10N2O7/c18-15-13-5-9(23-7-16(19)20)1-3-11(13)12-4-2-10(6-14(12)15)24-8-17(21)22/h1-6H,7-8H2. The third-order valence-corrected chi connectivity index (χ3v) is 3.43. The van der Waals surface area contributed by atoms with Crippen LogP contribution in [0, 0.1) is 20.2 Å². The second kappa shape index (κ2) is 5.95. The van der Waals surface area contributed by atoms with E-state index in [2.05, 4.69) is 0 Å². The highest BCUT2D eigenvalue weighted by atomic mass is 16.7. The van der Waals surface area contributed by atoms with Crippen LogP contribution in [-0.2, 0) is 0 Å². The van der Waals surface area contributed by atoms with Crippen molar-refractivity contribution in [2.75, 3.05) is 13.5 Å². The first-order valence-corrected chi connectivity index (χ1v) is 6.78. The molecule has 0 aromatic heterocycles. The molecule has 1 aliphatic carbocycles. The molecule has 24 heavy (non-hydrogen) atoms. The maximum atomic E-state index is 12.5. The van der Waals surface area contributed by atoms with Gasteiger partial charge in [-0.15, -0.1) is 0 Å². The number of fused-ring (bicyclic) bond motifs is 3. The number of carbonyl (C=O) groups is 1. The van der Waals surface area contributed by atoms with Gasteiger partial charge in [0.15, 0.2) is 5.78 Å². The van der Waals surface area contributed by atoms with Crippen LogP contribution >= 0.6 is 0 Å². The quantitative estimate of drug-likeness (QED) is 0.385. The lowest BCUT2D eigenvalue weighted by Crippen LogP contribution is -2.08. The molecule has 0 unspecified atom stereocenters. The Kier molecular flexibility index (Phi) is 3.82. The molecule has 0 atom stereocenters. The predicted octanol–water partition coefficient (Wildman–Crippen LogP) is 2.12. The maximum Gasteiger partial charge on any atom is 0.344 e. The number of nitro groups is 2. The first-order valence-electron chi connectivity index (χ1n) is 6.78. The molecule has 0 heterocycles. The molecule has 0 spiro atoms. The summed E-state index contributed by atoms with van der Waals surface area (Å²) in [4.78, 5) is 31.9. The molecule has 1 aliphatic rings. The lowest BCUT2D eigenvalue weighted by molar-refractivity contribution is -0.514. The fourth-order valence-electron chi connectivity index (χ4n) is 2.47. The van der Waals surface area contributed by atoms with Gasteiger partial charge >= 0.3 is 13.5 Å². The first kappa shape index (κ1) is 15.4. The summed E-state index contributed by atoms with van der Waals surface area (Å²) in [7, 11) is 0. The summed E-state index contributed by atoms with van der Waals surface area (Å²) in [5.41, 5.74) is 2.06. The van der Waals surface area contributed by atoms with Crippen molar-refractivity contribution < 1.29 is 24.1 Å².